The van der Waals surface area contributed by atoms with E-state index < -0.39 is 0 Å². The predicted octanol–water partition coefficient (Wildman–Crippen LogP) is 7.52. The third kappa shape index (κ3) is 16.6. The molecule has 0 aliphatic heterocycles. The largest absolute Gasteiger partial charge is 0.506 e. The van der Waals surface area contributed by atoms with E-state index in [1.807, 2.05) is 12.1 Å². The molecule has 41 heavy (non-hydrogen) atoms. The first-order valence-corrected chi connectivity index (χ1v) is 16.2. The second-order valence-corrected chi connectivity index (χ2v) is 11.8. The topological polar surface area (TPSA) is 129 Å². The van der Waals surface area contributed by atoms with Gasteiger partial charge in [0.05, 0.1) is 23.2 Å². The van der Waals surface area contributed by atoms with Crippen molar-refractivity contribution in [1.82, 2.24) is 5.23 Å². The molecule has 4 N–H and O–H groups in total. The van der Waals surface area contributed by atoms with E-state index in [2.05, 4.69) is 60.0 Å². The van der Waals surface area contributed by atoms with Gasteiger partial charge in [0.1, 0.15) is 19.0 Å². The summed E-state index contributed by atoms with van der Waals surface area (Å²) in [4.78, 5) is 34.0. The molecule has 0 saturated heterocycles. The van der Waals surface area contributed by atoms with Crippen LogP contribution in [0, 0.1) is 0 Å². The molecule has 0 heterocycles. The second kappa shape index (κ2) is 23.0. The number of amides is 2. The summed E-state index contributed by atoms with van der Waals surface area (Å²) in [7, 11) is 0. The predicted molar refractivity (Wildman–Crippen MR) is 170 cm³/mol. The van der Waals surface area contributed by atoms with Crippen LogP contribution < -0.4 is 5.32 Å². The Hall–Kier alpha value is -1.54. The van der Waals surface area contributed by atoms with E-state index in [4.69, 9.17) is 19.9 Å². The van der Waals surface area contributed by atoms with Crippen LogP contribution in [0.25, 0.3) is 0 Å². The Morgan fingerprint density at radius 1 is 0.805 bits per heavy atom. The third-order valence-corrected chi connectivity index (χ3v) is 7.26. The number of unbranched alkanes of at least 4 members (excludes halogenated alkanes) is 8. The molecule has 9 nitrogen and oxygen atoms in total. The quantitative estimate of drug-likeness (QED) is 0.0913. The number of hydrogen-bond donors (Lipinski definition) is 4. The van der Waals surface area contributed by atoms with Crippen molar-refractivity contribution in [2.75, 3.05) is 31.7 Å². The molecule has 12 heteroatoms. The van der Waals surface area contributed by atoms with Crippen LogP contribution in [0.3, 0.4) is 0 Å². The van der Waals surface area contributed by atoms with Crippen molar-refractivity contribution in [2.45, 2.75) is 71.1 Å². The van der Waals surface area contributed by atoms with E-state index in [1.54, 1.807) is 24.3 Å². The number of rotatable bonds is 18. The van der Waals surface area contributed by atoms with Crippen molar-refractivity contribution >= 4 is 65.3 Å². The van der Waals surface area contributed by atoms with Gasteiger partial charge in [-0.25, -0.2) is 9.68 Å². The Morgan fingerprint density at radius 3 is 1.88 bits per heavy atom. The lowest BCUT2D eigenvalue weighted by molar-refractivity contribution is -0.345. The van der Waals surface area contributed by atoms with Crippen molar-refractivity contribution < 1.29 is 34.6 Å². The minimum Gasteiger partial charge on any atom is -0.506 e. The zero-order valence-electron chi connectivity index (χ0n) is 23.4. The minimum atomic E-state index is -0.373. The van der Waals surface area contributed by atoms with Gasteiger partial charge in [0, 0.05) is 21.1 Å². The Balaban J connectivity index is 0.000000413. The summed E-state index contributed by atoms with van der Waals surface area (Å²) in [6, 6.07) is 10.4. The van der Waals surface area contributed by atoms with Crippen molar-refractivity contribution in [2.24, 2.45) is 0 Å². The molecule has 0 aromatic heterocycles. The van der Waals surface area contributed by atoms with Crippen LogP contribution >= 0.6 is 47.8 Å². The van der Waals surface area contributed by atoms with Crippen LogP contribution in [0.1, 0.15) is 81.5 Å². The SMILES string of the molecule is CCCCCCCCCCCC(=O)N(OCCO)OCCO.O=C(Nc1ccc(Br)cc1)c1cc(Br)cc(Br)c1O. The highest BCUT2D eigenvalue weighted by Crippen LogP contribution is 2.32. The molecule has 0 unspecified atom stereocenters. The fraction of sp³-hybridized carbons (Fsp3) is 0.517. The number of nitrogens with zero attached hydrogens (tertiary/aromatic N) is 1. The maximum Gasteiger partial charge on any atom is 0.273 e. The van der Waals surface area contributed by atoms with Crippen molar-refractivity contribution in [3.8, 4) is 5.75 Å². The first-order valence-electron chi connectivity index (χ1n) is 13.8. The van der Waals surface area contributed by atoms with Crippen LogP contribution in [0.15, 0.2) is 49.8 Å². The molecule has 0 radical (unpaired) electrons. The van der Waals surface area contributed by atoms with E-state index in [0.29, 0.717) is 21.1 Å². The Morgan fingerprint density at radius 2 is 1.34 bits per heavy atom. The Kier molecular flexibility index (Phi) is 21.0. The average Bonchev–Trinajstić information content (AvgIpc) is 2.95. The molecule has 0 fully saturated rings. The van der Waals surface area contributed by atoms with Gasteiger partial charge in [-0.05, 0) is 58.7 Å². The number of hydroxylamine groups is 2. The molecular formula is C29H41Br3N2O7. The molecule has 0 aliphatic carbocycles. The number of carbonyl (C=O) groups excluding carboxylic acids is 2. The van der Waals surface area contributed by atoms with Crippen LogP contribution in [0.2, 0.25) is 0 Å². The van der Waals surface area contributed by atoms with Gasteiger partial charge in [-0.3, -0.25) is 9.59 Å². The van der Waals surface area contributed by atoms with Gasteiger partial charge in [0.25, 0.3) is 11.8 Å². The molecule has 0 bridgehead atoms. The first-order chi connectivity index (χ1) is 19.7. The normalized spacial score (nSPS) is 10.6. The maximum absolute atomic E-state index is 12.1. The summed E-state index contributed by atoms with van der Waals surface area (Å²) in [5.74, 6) is -0.732. The fourth-order valence-corrected chi connectivity index (χ4v) is 5.07. The van der Waals surface area contributed by atoms with E-state index in [-0.39, 0.29) is 49.6 Å². The Labute approximate surface area is 267 Å². The van der Waals surface area contributed by atoms with Gasteiger partial charge in [0.15, 0.2) is 0 Å². The number of nitrogens with one attached hydrogen (secondary N) is 1. The summed E-state index contributed by atoms with van der Waals surface area (Å²) in [5.41, 5.74) is 0.855. The fourth-order valence-electron chi connectivity index (χ4n) is 3.58. The van der Waals surface area contributed by atoms with Gasteiger partial charge in [-0.2, -0.15) is 0 Å². The van der Waals surface area contributed by atoms with E-state index in [0.717, 1.165) is 29.0 Å². The first kappa shape index (κ1) is 37.5. The maximum atomic E-state index is 12.1. The number of aromatic hydroxyl groups is 1. The van der Waals surface area contributed by atoms with Crippen LogP contribution in [0.5, 0.6) is 5.75 Å². The number of halogens is 3. The minimum absolute atomic E-state index is 0.00503. The molecule has 0 atom stereocenters. The molecule has 2 rings (SSSR count). The lowest BCUT2D eigenvalue weighted by Gasteiger charge is -2.19. The summed E-state index contributed by atoms with van der Waals surface area (Å²) in [6.07, 6.45) is 11.1. The standard InChI is InChI=1S/C16H33NO5.C13H8Br3NO2/c1-2-3-4-5-6-7-8-9-10-11-16(20)17(21-14-12-18)22-15-13-19;14-7-1-3-9(4-2-7)17-13(19)10-5-8(15)6-11(16)12(10)18/h18-19H,2-15H2,1H3;1-6,18H,(H,17,19). The van der Waals surface area contributed by atoms with Gasteiger partial charge in [-0.1, -0.05) is 95.4 Å². The van der Waals surface area contributed by atoms with Crippen molar-refractivity contribution in [1.29, 1.82) is 0 Å². The van der Waals surface area contributed by atoms with Crippen LogP contribution in [-0.2, 0) is 14.5 Å². The zero-order valence-corrected chi connectivity index (χ0v) is 28.2. The van der Waals surface area contributed by atoms with Crippen molar-refractivity contribution in [3.63, 3.8) is 0 Å². The number of anilines is 1. The highest BCUT2D eigenvalue weighted by atomic mass is 79.9. The molecule has 2 amide bonds. The number of hydrogen-bond acceptors (Lipinski definition) is 7. The van der Waals surface area contributed by atoms with E-state index in [9.17, 15) is 14.7 Å². The van der Waals surface area contributed by atoms with Gasteiger partial charge in [0.2, 0.25) is 0 Å². The van der Waals surface area contributed by atoms with Gasteiger partial charge < -0.3 is 20.6 Å². The van der Waals surface area contributed by atoms with Crippen LogP contribution in [0.4, 0.5) is 5.69 Å². The van der Waals surface area contributed by atoms with Gasteiger partial charge in [-0.15, -0.1) is 0 Å². The third-order valence-electron chi connectivity index (χ3n) is 5.67. The lowest BCUT2D eigenvalue weighted by Crippen LogP contribution is -2.33. The number of benzene rings is 2. The zero-order chi connectivity index (χ0) is 30.5. The molecule has 0 aliphatic rings. The summed E-state index contributed by atoms with van der Waals surface area (Å²) in [5, 5.41) is 30.8. The molecule has 2 aromatic carbocycles. The van der Waals surface area contributed by atoms with E-state index >= 15 is 0 Å². The number of phenolic OH excluding ortho intramolecular Hbond substituents is 1. The number of aliphatic hydroxyl groups excluding tert-OH is 2. The van der Waals surface area contributed by atoms with E-state index in [1.165, 1.54) is 38.5 Å². The molecule has 0 saturated carbocycles. The number of phenols is 1. The highest BCUT2D eigenvalue weighted by molar-refractivity contribution is 9.11. The molecular weight excluding hydrogens is 728 g/mol. The van der Waals surface area contributed by atoms with Crippen molar-refractivity contribution in [3.05, 3.63) is 55.4 Å². The molecule has 230 valence electrons. The summed E-state index contributed by atoms with van der Waals surface area (Å²) < 4.78 is 2.10. The summed E-state index contributed by atoms with van der Waals surface area (Å²) in [6.45, 7) is 1.83. The second-order valence-electron chi connectivity index (χ2n) is 9.09. The molecule has 2 aromatic rings. The number of aliphatic hydroxyl groups is 2. The van der Waals surface area contributed by atoms with Gasteiger partial charge >= 0.3 is 0 Å². The van der Waals surface area contributed by atoms with Crippen LogP contribution in [-0.4, -0.2) is 58.8 Å². The highest BCUT2D eigenvalue weighted by Gasteiger charge is 2.16. The lowest BCUT2D eigenvalue weighted by atomic mass is 10.1. The summed E-state index contributed by atoms with van der Waals surface area (Å²) >= 11 is 9.80. The Bertz CT molecular complexity index is 1020. The number of carbonyl (C=O) groups is 2. The molecule has 0 spiro atoms. The average molecular weight is 769 g/mol. The monoisotopic (exact) mass is 766 g/mol. The smallest absolute Gasteiger partial charge is 0.273 e.